The van der Waals surface area contributed by atoms with E-state index in [1.165, 1.54) is 13.2 Å². The smallest absolute Gasteiger partial charge is 0.275 e. The molecule has 1 heterocycles. The predicted octanol–water partition coefficient (Wildman–Crippen LogP) is 1.59. The summed E-state index contributed by atoms with van der Waals surface area (Å²) in [5, 5.41) is 0.311. The van der Waals surface area contributed by atoms with Crippen LogP contribution in [-0.2, 0) is 11.3 Å². The van der Waals surface area contributed by atoms with Gasteiger partial charge in [-0.05, 0) is 18.6 Å². The molecule has 5 heteroatoms. The molecule has 0 aliphatic heterocycles. The van der Waals surface area contributed by atoms with Gasteiger partial charge in [0.1, 0.15) is 5.15 Å². The van der Waals surface area contributed by atoms with Crippen LogP contribution in [0.2, 0.25) is 5.15 Å². The molecule has 1 N–H and O–H groups in total. The zero-order valence-electron chi connectivity index (χ0n) is 8.00. The van der Waals surface area contributed by atoms with Crippen LogP contribution < -0.4 is 5.48 Å². The molecule has 0 saturated heterocycles. The van der Waals surface area contributed by atoms with Gasteiger partial charge in [0.2, 0.25) is 0 Å². The Morgan fingerprint density at radius 3 is 2.93 bits per heavy atom. The molecule has 1 rings (SSSR count). The van der Waals surface area contributed by atoms with Crippen LogP contribution in [0.5, 0.6) is 0 Å². The summed E-state index contributed by atoms with van der Waals surface area (Å²) in [6.45, 7) is 1.94. The van der Waals surface area contributed by atoms with E-state index in [-0.39, 0.29) is 5.91 Å². The first kappa shape index (κ1) is 10.9. The molecule has 0 fully saturated rings. The van der Waals surface area contributed by atoms with Crippen LogP contribution in [0.4, 0.5) is 0 Å². The summed E-state index contributed by atoms with van der Waals surface area (Å²) in [5.41, 5.74) is 3.44. The van der Waals surface area contributed by atoms with Crippen LogP contribution in [0.3, 0.4) is 0 Å². The monoisotopic (exact) mass is 214 g/mol. The Bertz CT molecular complexity index is 342. The molecule has 0 spiro atoms. The first-order chi connectivity index (χ1) is 6.67. The molecule has 0 saturated carbocycles. The number of nitrogens with one attached hydrogen (secondary N) is 1. The van der Waals surface area contributed by atoms with Gasteiger partial charge in [-0.2, -0.15) is 0 Å². The SMILES string of the molecule is CCc1cc(C(=O)NOC)cc(Cl)n1. The van der Waals surface area contributed by atoms with E-state index in [1.54, 1.807) is 6.07 Å². The number of hydrogen-bond donors (Lipinski definition) is 1. The summed E-state index contributed by atoms with van der Waals surface area (Å²) in [7, 11) is 1.38. The van der Waals surface area contributed by atoms with E-state index in [4.69, 9.17) is 11.6 Å². The lowest BCUT2D eigenvalue weighted by Gasteiger charge is -2.04. The molecule has 0 aliphatic rings. The normalized spacial score (nSPS) is 9.93. The molecule has 0 bridgehead atoms. The summed E-state index contributed by atoms with van der Waals surface area (Å²) < 4.78 is 0. The number of carbonyl (C=O) groups is 1. The van der Waals surface area contributed by atoms with Crippen molar-refractivity contribution in [3.8, 4) is 0 Å². The Morgan fingerprint density at radius 1 is 1.64 bits per heavy atom. The van der Waals surface area contributed by atoms with Crippen LogP contribution in [0.1, 0.15) is 23.0 Å². The van der Waals surface area contributed by atoms with Gasteiger partial charge in [0, 0.05) is 11.3 Å². The number of nitrogens with zero attached hydrogens (tertiary/aromatic N) is 1. The van der Waals surface area contributed by atoms with Crippen molar-refractivity contribution in [2.75, 3.05) is 7.11 Å². The number of hydroxylamine groups is 1. The van der Waals surface area contributed by atoms with Crippen LogP contribution in [0.15, 0.2) is 12.1 Å². The summed E-state index contributed by atoms with van der Waals surface area (Å²) in [5.74, 6) is -0.327. The van der Waals surface area contributed by atoms with Gasteiger partial charge in [-0.25, -0.2) is 10.5 Å². The summed E-state index contributed by atoms with van der Waals surface area (Å²) in [4.78, 5) is 19.9. The maximum atomic E-state index is 11.3. The average molecular weight is 215 g/mol. The van der Waals surface area contributed by atoms with Gasteiger partial charge < -0.3 is 0 Å². The second-order valence-electron chi connectivity index (χ2n) is 2.66. The largest absolute Gasteiger partial charge is 0.277 e. The van der Waals surface area contributed by atoms with Gasteiger partial charge >= 0.3 is 0 Å². The third-order valence-corrected chi connectivity index (χ3v) is 1.86. The second kappa shape index (κ2) is 4.93. The van der Waals surface area contributed by atoms with Gasteiger partial charge in [0.15, 0.2) is 0 Å². The minimum Gasteiger partial charge on any atom is -0.277 e. The third kappa shape index (κ3) is 2.68. The zero-order valence-corrected chi connectivity index (χ0v) is 8.76. The minimum atomic E-state index is -0.327. The lowest BCUT2D eigenvalue weighted by molar-refractivity contribution is 0.0537. The Hall–Kier alpha value is -1.13. The fraction of sp³-hybridized carbons (Fsp3) is 0.333. The van der Waals surface area contributed by atoms with E-state index in [9.17, 15) is 4.79 Å². The molecular weight excluding hydrogens is 204 g/mol. The van der Waals surface area contributed by atoms with Gasteiger partial charge in [-0.15, -0.1) is 0 Å². The van der Waals surface area contributed by atoms with E-state index < -0.39 is 0 Å². The van der Waals surface area contributed by atoms with Crippen molar-refractivity contribution in [1.82, 2.24) is 10.5 Å². The van der Waals surface area contributed by atoms with Crippen molar-refractivity contribution in [1.29, 1.82) is 0 Å². The maximum Gasteiger partial charge on any atom is 0.275 e. The average Bonchev–Trinajstić information content (AvgIpc) is 2.17. The molecule has 1 aromatic rings. The predicted molar refractivity (Wildman–Crippen MR) is 53.1 cm³/mol. The van der Waals surface area contributed by atoms with Crippen LogP contribution >= 0.6 is 11.6 Å². The third-order valence-electron chi connectivity index (χ3n) is 1.67. The molecule has 0 radical (unpaired) electrons. The van der Waals surface area contributed by atoms with Crippen molar-refractivity contribution in [2.45, 2.75) is 13.3 Å². The lowest BCUT2D eigenvalue weighted by Crippen LogP contribution is -2.22. The van der Waals surface area contributed by atoms with Crippen molar-refractivity contribution in [2.24, 2.45) is 0 Å². The Kier molecular flexibility index (Phi) is 3.85. The molecule has 14 heavy (non-hydrogen) atoms. The van der Waals surface area contributed by atoms with Gasteiger partial charge in [0.05, 0.1) is 7.11 Å². The molecule has 1 amide bonds. The molecule has 76 valence electrons. The maximum absolute atomic E-state index is 11.3. The highest BCUT2D eigenvalue weighted by Crippen LogP contribution is 2.11. The van der Waals surface area contributed by atoms with E-state index in [0.717, 1.165) is 12.1 Å². The van der Waals surface area contributed by atoms with Crippen molar-refractivity contribution >= 4 is 17.5 Å². The molecule has 0 atom stereocenters. The number of aromatic nitrogens is 1. The van der Waals surface area contributed by atoms with Crippen LogP contribution in [-0.4, -0.2) is 18.0 Å². The van der Waals surface area contributed by atoms with E-state index in [0.29, 0.717) is 10.7 Å². The number of hydrogen-bond acceptors (Lipinski definition) is 3. The highest BCUT2D eigenvalue weighted by Gasteiger charge is 2.07. The van der Waals surface area contributed by atoms with Gasteiger partial charge in [-0.3, -0.25) is 9.63 Å². The molecule has 4 nitrogen and oxygen atoms in total. The Labute approximate surface area is 87.2 Å². The van der Waals surface area contributed by atoms with Gasteiger partial charge in [-0.1, -0.05) is 18.5 Å². The number of carbonyl (C=O) groups excluding carboxylic acids is 1. The number of halogens is 1. The number of aryl methyl sites for hydroxylation is 1. The van der Waals surface area contributed by atoms with Gasteiger partial charge in [0.25, 0.3) is 5.91 Å². The van der Waals surface area contributed by atoms with E-state index >= 15 is 0 Å². The topological polar surface area (TPSA) is 51.2 Å². The van der Waals surface area contributed by atoms with Crippen molar-refractivity contribution in [3.63, 3.8) is 0 Å². The van der Waals surface area contributed by atoms with Crippen molar-refractivity contribution in [3.05, 3.63) is 28.5 Å². The van der Waals surface area contributed by atoms with Crippen LogP contribution in [0.25, 0.3) is 0 Å². The number of rotatable bonds is 3. The van der Waals surface area contributed by atoms with E-state index in [1.807, 2.05) is 6.92 Å². The molecular formula is C9H11ClN2O2. The lowest BCUT2D eigenvalue weighted by atomic mass is 10.2. The molecule has 0 aliphatic carbocycles. The van der Waals surface area contributed by atoms with Crippen molar-refractivity contribution < 1.29 is 9.63 Å². The number of pyridine rings is 1. The summed E-state index contributed by atoms with van der Waals surface area (Å²) in [6.07, 6.45) is 0.730. The summed E-state index contributed by atoms with van der Waals surface area (Å²) in [6, 6.07) is 3.18. The Balaban J connectivity index is 2.96. The minimum absolute atomic E-state index is 0.311. The quantitative estimate of drug-likeness (QED) is 0.614. The highest BCUT2D eigenvalue weighted by molar-refractivity contribution is 6.29. The van der Waals surface area contributed by atoms with Crippen LogP contribution in [0, 0.1) is 0 Å². The fourth-order valence-corrected chi connectivity index (χ4v) is 1.24. The van der Waals surface area contributed by atoms with E-state index in [2.05, 4.69) is 15.3 Å². The molecule has 0 aromatic carbocycles. The second-order valence-corrected chi connectivity index (χ2v) is 3.05. The summed E-state index contributed by atoms with van der Waals surface area (Å²) >= 11 is 5.74. The molecule has 1 aromatic heterocycles. The Morgan fingerprint density at radius 2 is 2.36 bits per heavy atom. The highest BCUT2D eigenvalue weighted by atomic mass is 35.5. The standard InChI is InChI=1S/C9H11ClN2O2/c1-3-7-4-6(5-8(10)11-7)9(13)12-14-2/h4-5H,3H2,1-2H3,(H,12,13). The molecule has 0 unspecified atom stereocenters. The fourth-order valence-electron chi connectivity index (χ4n) is 1.02. The first-order valence-electron chi connectivity index (χ1n) is 4.17. The zero-order chi connectivity index (χ0) is 10.6. The number of amides is 1. The first-order valence-corrected chi connectivity index (χ1v) is 4.55.